The molecule has 0 N–H and O–H groups in total. The monoisotopic (exact) mass is 296 g/mol. The van der Waals surface area contributed by atoms with Crippen molar-refractivity contribution in [3.63, 3.8) is 0 Å². The summed E-state index contributed by atoms with van der Waals surface area (Å²) in [6, 6.07) is 0. The first-order valence-electron chi connectivity index (χ1n) is 7.02. The average Bonchev–Trinajstić information content (AvgIpc) is 2.83. The number of nitro groups is 1. The zero-order valence-corrected chi connectivity index (χ0v) is 12.5. The van der Waals surface area contributed by atoms with E-state index in [1.54, 1.807) is 11.7 Å². The Morgan fingerprint density at radius 1 is 1.48 bits per heavy atom. The molecule has 2 rings (SSSR count). The molecule has 1 saturated heterocycles. The molecule has 0 amide bonds. The van der Waals surface area contributed by atoms with Crippen molar-refractivity contribution in [2.45, 2.75) is 26.2 Å². The van der Waals surface area contributed by atoms with Crippen LogP contribution < -0.4 is 4.90 Å². The van der Waals surface area contributed by atoms with Gasteiger partial charge in [0.2, 0.25) is 5.82 Å². The number of anilines is 1. The fourth-order valence-corrected chi connectivity index (χ4v) is 2.83. The van der Waals surface area contributed by atoms with Gasteiger partial charge in [-0.2, -0.15) is 5.10 Å². The van der Waals surface area contributed by atoms with Crippen LogP contribution in [0.25, 0.3) is 0 Å². The molecule has 0 aliphatic carbocycles. The molecule has 0 aromatic carbocycles. The summed E-state index contributed by atoms with van der Waals surface area (Å²) in [7, 11) is 3.10. The van der Waals surface area contributed by atoms with E-state index in [2.05, 4.69) is 5.10 Å². The van der Waals surface area contributed by atoms with Gasteiger partial charge in [-0.05, 0) is 19.3 Å². The molecule has 0 spiro atoms. The van der Waals surface area contributed by atoms with Crippen LogP contribution in [0.2, 0.25) is 0 Å². The highest BCUT2D eigenvalue weighted by Crippen LogP contribution is 2.34. The van der Waals surface area contributed by atoms with Crippen LogP contribution in [-0.2, 0) is 23.0 Å². The third-order valence-corrected chi connectivity index (χ3v) is 3.91. The number of hydrogen-bond acceptors (Lipinski definition) is 6. The second kappa shape index (κ2) is 6.11. The highest BCUT2D eigenvalue weighted by atomic mass is 16.6. The van der Waals surface area contributed by atoms with Crippen molar-refractivity contribution in [3.8, 4) is 0 Å². The van der Waals surface area contributed by atoms with E-state index >= 15 is 0 Å². The third-order valence-electron chi connectivity index (χ3n) is 3.91. The van der Waals surface area contributed by atoms with Crippen LogP contribution in [0, 0.1) is 16.0 Å². The average molecular weight is 296 g/mol. The molecule has 8 nitrogen and oxygen atoms in total. The highest BCUT2D eigenvalue weighted by Gasteiger charge is 2.33. The van der Waals surface area contributed by atoms with Crippen LogP contribution >= 0.6 is 0 Å². The second-order valence-corrected chi connectivity index (χ2v) is 5.14. The minimum Gasteiger partial charge on any atom is -0.469 e. The smallest absolute Gasteiger partial charge is 0.334 e. The Kier molecular flexibility index (Phi) is 4.44. The van der Waals surface area contributed by atoms with E-state index in [9.17, 15) is 14.9 Å². The van der Waals surface area contributed by atoms with Gasteiger partial charge >= 0.3 is 11.7 Å². The number of rotatable bonds is 4. The largest absolute Gasteiger partial charge is 0.469 e. The number of piperidine rings is 1. The molecule has 1 aromatic heterocycles. The molecule has 0 bridgehead atoms. The van der Waals surface area contributed by atoms with Gasteiger partial charge in [-0.25, -0.2) is 4.68 Å². The normalized spacial score (nSPS) is 16.0. The van der Waals surface area contributed by atoms with Gasteiger partial charge in [-0.1, -0.05) is 6.92 Å². The number of aromatic nitrogens is 2. The van der Waals surface area contributed by atoms with Gasteiger partial charge in [-0.15, -0.1) is 0 Å². The number of methoxy groups -OCH3 is 1. The SMILES string of the molecule is CCc1nn(C)c(N2CCC(C(=O)OC)CC2)c1[N+](=O)[O-]. The van der Waals surface area contributed by atoms with Crippen LogP contribution in [0.4, 0.5) is 11.5 Å². The second-order valence-electron chi connectivity index (χ2n) is 5.14. The molecule has 1 aromatic rings. The van der Waals surface area contributed by atoms with Crippen LogP contribution in [0.15, 0.2) is 0 Å². The van der Waals surface area contributed by atoms with E-state index in [1.165, 1.54) is 7.11 Å². The van der Waals surface area contributed by atoms with Crippen molar-refractivity contribution >= 4 is 17.5 Å². The van der Waals surface area contributed by atoms with Crippen molar-refractivity contribution in [2.75, 3.05) is 25.1 Å². The lowest BCUT2D eigenvalue weighted by Crippen LogP contribution is -2.38. The standard InChI is InChI=1S/C13H20N4O4/c1-4-10-11(17(19)20)12(15(2)14-10)16-7-5-9(6-8-16)13(18)21-3/h9H,4-8H2,1-3H3. The van der Waals surface area contributed by atoms with E-state index < -0.39 is 0 Å². The zero-order valence-electron chi connectivity index (χ0n) is 12.5. The highest BCUT2D eigenvalue weighted by molar-refractivity contribution is 5.73. The Bertz CT molecular complexity index is 547. The van der Waals surface area contributed by atoms with Gasteiger partial charge in [-0.3, -0.25) is 14.9 Å². The number of hydrogen-bond donors (Lipinski definition) is 0. The fraction of sp³-hybridized carbons (Fsp3) is 0.692. The Labute approximate surface area is 122 Å². The molecule has 1 fully saturated rings. The molecule has 0 saturated carbocycles. The summed E-state index contributed by atoms with van der Waals surface area (Å²) in [5.41, 5.74) is 0.573. The summed E-state index contributed by atoms with van der Waals surface area (Å²) in [6.45, 7) is 3.02. The van der Waals surface area contributed by atoms with Crippen molar-refractivity contribution < 1.29 is 14.5 Å². The Morgan fingerprint density at radius 3 is 2.57 bits per heavy atom. The summed E-state index contributed by atoms with van der Waals surface area (Å²) in [5.74, 6) is 0.202. The van der Waals surface area contributed by atoms with Crippen LogP contribution in [0.1, 0.15) is 25.5 Å². The molecule has 2 heterocycles. The van der Waals surface area contributed by atoms with Gasteiger partial charge in [0.1, 0.15) is 5.69 Å². The van der Waals surface area contributed by atoms with Gasteiger partial charge < -0.3 is 9.64 Å². The fourth-order valence-electron chi connectivity index (χ4n) is 2.83. The molecular weight excluding hydrogens is 276 g/mol. The molecule has 0 unspecified atom stereocenters. The summed E-state index contributed by atoms with van der Waals surface area (Å²) in [5, 5.41) is 15.6. The van der Waals surface area contributed by atoms with Crippen LogP contribution in [0.5, 0.6) is 0 Å². The Morgan fingerprint density at radius 2 is 2.10 bits per heavy atom. The van der Waals surface area contributed by atoms with Crippen molar-refractivity contribution in [1.29, 1.82) is 0 Å². The number of ether oxygens (including phenoxy) is 1. The van der Waals surface area contributed by atoms with Crippen molar-refractivity contribution in [1.82, 2.24) is 9.78 Å². The molecule has 1 aliphatic rings. The third kappa shape index (κ3) is 2.84. The zero-order chi connectivity index (χ0) is 15.6. The number of nitrogens with zero attached hydrogens (tertiary/aromatic N) is 4. The van der Waals surface area contributed by atoms with E-state index in [0.717, 1.165) is 0 Å². The molecule has 21 heavy (non-hydrogen) atoms. The van der Waals surface area contributed by atoms with Gasteiger partial charge in [0, 0.05) is 20.1 Å². The first-order chi connectivity index (χ1) is 9.99. The molecular formula is C13H20N4O4. The molecule has 1 aliphatic heterocycles. The van der Waals surface area contributed by atoms with E-state index in [0.29, 0.717) is 43.9 Å². The first kappa shape index (κ1) is 15.3. The lowest BCUT2D eigenvalue weighted by Gasteiger charge is -2.31. The number of aryl methyl sites for hydroxylation is 2. The maximum absolute atomic E-state index is 11.5. The first-order valence-corrected chi connectivity index (χ1v) is 7.02. The van der Waals surface area contributed by atoms with Crippen molar-refractivity contribution in [3.05, 3.63) is 15.8 Å². The number of esters is 1. The Balaban J connectivity index is 2.22. The quantitative estimate of drug-likeness (QED) is 0.472. The summed E-state index contributed by atoms with van der Waals surface area (Å²) >= 11 is 0. The molecule has 0 radical (unpaired) electrons. The summed E-state index contributed by atoms with van der Waals surface area (Å²) in [6.07, 6.45) is 1.79. The number of carbonyl (C=O) groups excluding carboxylic acids is 1. The van der Waals surface area contributed by atoms with Crippen LogP contribution in [0.3, 0.4) is 0 Å². The van der Waals surface area contributed by atoms with E-state index in [1.807, 2.05) is 11.8 Å². The molecule has 116 valence electrons. The topological polar surface area (TPSA) is 90.5 Å². The van der Waals surface area contributed by atoms with E-state index in [4.69, 9.17) is 4.74 Å². The predicted octanol–water partition coefficient (Wildman–Crippen LogP) is 1.28. The van der Waals surface area contributed by atoms with Crippen LogP contribution in [-0.4, -0.2) is 40.9 Å². The molecule has 8 heteroatoms. The van der Waals surface area contributed by atoms with Gasteiger partial charge in [0.15, 0.2) is 0 Å². The van der Waals surface area contributed by atoms with E-state index in [-0.39, 0.29) is 22.5 Å². The number of carbonyl (C=O) groups is 1. The maximum atomic E-state index is 11.5. The maximum Gasteiger partial charge on any atom is 0.334 e. The van der Waals surface area contributed by atoms with Gasteiger partial charge in [0.25, 0.3) is 0 Å². The predicted molar refractivity (Wildman–Crippen MR) is 76.2 cm³/mol. The van der Waals surface area contributed by atoms with Gasteiger partial charge in [0.05, 0.1) is 18.0 Å². The summed E-state index contributed by atoms with van der Waals surface area (Å²) < 4.78 is 6.32. The van der Waals surface area contributed by atoms with Crippen molar-refractivity contribution in [2.24, 2.45) is 13.0 Å². The minimum absolute atomic E-state index is 0.0801. The summed E-state index contributed by atoms with van der Waals surface area (Å²) in [4.78, 5) is 24.4. The lowest BCUT2D eigenvalue weighted by molar-refractivity contribution is -0.384. The molecule has 0 atom stereocenters. The Hall–Kier alpha value is -2.12. The minimum atomic E-state index is -0.367. The lowest BCUT2D eigenvalue weighted by atomic mass is 9.97.